The minimum Gasteiger partial charge on any atom is -0.0956 e. The maximum Gasteiger partial charge on any atom is -0.0225 e. The Labute approximate surface area is 101 Å². The number of benzene rings is 1. The lowest BCUT2D eigenvalue weighted by Gasteiger charge is -2.04. The second kappa shape index (κ2) is 6.32. The predicted molar refractivity (Wildman–Crippen MR) is 75.7 cm³/mol. The van der Waals surface area contributed by atoms with Gasteiger partial charge in [0.15, 0.2) is 0 Å². The first kappa shape index (κ1) is 14.7. The Morgan fingerprint density at radius 1 is 1.25 bits per heavy atom. The fourth-order valence-corrected chi connectivity index (χ4v) is 1.40. The minimum absolute atomic E-state index is 0. The van der Waals surface area contributed by atoms with Crippen LogP contribution in [0.15, 0.2) is 36.4 Å². The molecule has 0 unspecified atom stereocenters. The van der Waals surface area contributed by atoms with Crippen LogP contribution in [0.1, 0.15) is 38.0 Å². The van der Waals surface area contributed by atoms with Crippen LogP contribution >= 0.6 is 0 Å². The van der Waals surface area contributed by atoms with Crippen LogP contribution in [0, 0.1) is 19.8 Å². The Bertz CT molecular complexity index is 381. The summed E-state index contributed by atoms with van der Waals surface area (Å²) in [6.45, 7) is 12.6. The van der Waals surface area contributed by atoms with Crippen LogP contribution in [0.2, 0.25) is 0 Å². The van der Waals surface area contributed by atoms with Crippen LogP contribution in [0.3, 0.4) is 0 Å². The van der Waals surface area contributed by atoms with Crippen molar-refractivity contribution in [3.8, 4) is 0 Å². The summed E-state index contributed by atoms with van der Waals surface area (Å²) in [7, 11) is 0. The molecule has 88 valence electrons. The highest BCUT2D eigenvalue weighted by Crippen LogP contribution is 2.15. The van der Waals surface area contributed by atoms with E-state index in [2.05, 4.69) is 64.6 Å². The number of hydrogen-bond donors (Lipinski definition) is 0. The van der Waals surface area contributed by atoms with E-state index in [0.717, 1.165) is 0 Å². The third-order valence-corrected chi connectivity index (χ3v) is 2.64. The van der Waals surface area contributed by atoms with E-state index in [1.54, 1.807) is 0 Å². The van der Waals surface area contributed by atoms with Gasteiger partial charge in [0.1, 0.15) is 0 Å². The molecule has 1 rings (SSSR count). The van der Waals surface area contributed by atoms with Crippen molar-refractivity contribution in [1.82, 2.24) is 0 Å². The molecule has 0 aliphatic heterocycles. The summed E-state index contributed by atoms with van der Waals surface area (Å²) in [6, 6.07) is 6.51. The maximum absolute atomic E-state index is 4.03. The normalized spacial score (nSPS) is 10.6. The summed E-state index contributed by atoms with van der Waals surface area (Å²) in [5.41, 5.74) is 5.09. The lowest BCUT2D eigenvalue weighted by molar-refractivity contribution is 0.796. The van der Waals surface area contributed by atoms with E-state index in [1.807, 2.05) is 0 Å². The molecule has 0 amide bonds. The monoisotopic (exact) mass is 216 g/mol. The van der Waals surface area contributed by atoms with Crippen LogP contribution in [-0.4, -0.2) is 0 Å². The van der Waals surface area contributed by atoms with E-state index in [9.17, 15) is 0 Å². The molecule has 0 fully saturated rings. The Morgan fingerprint density at radius 3 is 2.38 bits per heavy atom. The van der Waals surface area contributed by atoms with E-state index in [4.69, 9.17) is 0 Å². The molecule has 0 nitrogen and oxygen atoms in total. The molecule has 0 N–H and O–H groups in total. The maximum atomic E-state index is 4.03. The van der Waals surface area contributed by atoms with Crippen LogP contribution < -0.4 is 0 Å². The van der Waals surface area contributed by atoms with Gasteiger partial charge in [-0.2, -0.15) is 0 Å². The van der Waals surface area contributed by atoms with Gasteiger partial charge in [-0.05, 0) is 30.9 Å². The molecule has 1 aromatic rings. The highest BCUT2D eigenvalue weighted by Gasteiger charge is 1.97. The van der Waals surface area contributed by atoms with Gasteiger partial charge in [-0.25, -0.2) is 0 Å². The van der Waals surface area contributed by atoms with Crippen LogP contribution in [0.5, 0.6) is 0 Å². The highest BCUT2D eigenvalue weighted by molar-refractivity contribution is 5.56. The molecule has 0 aromatic heterocycles. The van der Waals surface area contributed by atoms with E-state index >= 15 is 0 Å². The lowest BCUT2D eigenvalue weighted by Crippen LogP contribution is -1.88. The Morgan fingerprint density at radius 2 is 1.88 bits per heavy atom. The van der Waals surface area contributed by atoms with E-state index < -0.39 is 0 Å². The first-order valence-electron chi connectivity index (χ1n) is 5.45. The quantitative estimate of drug-likeness (QED) is 0.612. The average molecular weight is 216 g/mol. The van der Waals surface area contributed by atoms with Gasteiger partial charge in [0.25, 0.3) is 0 Å². The zero-order valence-corrected chi connectivity index (χ0v) is 10.2. The second-order valence-corrected chi connectivity index (χ2v) is 4.42. The minimum atomic E-state index is 0. The van der Waals surface area contributed by atoms with Crippen molar-refractivity contribution in [3.63, 3.8) is 0 Å². The molecule has 1 aromatic carbocycles. The third kappa shape index (κ3) is 4.06. The Balaban J connectivity index is 0.00000225. The lowest BCUT2D eigenvalue weighted by atomic mass is 10.0. The standard InChI is InChI=1S/C15H20.CH4/c1-11(2)13(4)7-9-15-8-6-12(3)10-14(15)5;/h6-11H,4H2,1-3,5H3;1H4/b9-7-;. The Hall–Kier alpha value is -1.30. The van der Waals surface area contributed by atoms with Crippen molar-refractivity contribution in [2.24, 2.45) is 5.92 Å². The van der Waals surface area contributed by atoms with Gasteiger partial charge in [0.05, 0.1) is 0 Å². The van der Waals surface area contributed by atoms with Crippen molar-refractivity contribution in [1.29, 1.82) is 0 Å². The van der Waals surface area contributed by atoms with Crippen molar-refractivity contribution in [2.75, 3.05) is 0 Å². The second-order valence-electron chi connectivity index (χ2n) is 4.42. The SMILES string of the molecule is C.C=C(/C=C\c1ccc(C)cc1C)C(C)C. The summed E-state index contributed by atoms with van der Waals surface area (Å²) < 4.78 is 0. The topological polar surface area (TPSA) is 0 Å². The van der Waals surface area contributed by atoms with Gasteiger partial charge < -0.3 is 0 Å². The molecule has 0 bridgehead atoms. The van der Waals surface area contributed by atoms with Gasteiger partial charge >= 0.3 is 0 Å². The fraction of sp³-hybridized carbons (Fsp3) is 0.375. The average Bonchev–Trinajstić information content (AvgIpc) is 2.15. The van der Waals surface area contributed by atoms with Gasteiger partial charge in [-0.15, -0.1) is 0 Å². The van der Waals surface area contributed by atoms with Crippen LogP contribution in [-0.2, 0) is 0 Å². The van der Waals surface area contributed by atoms with Gasteiger partial charge in [-0.1, -0.05) is 69.3 Å². The molecule has 0 aliphatic carbocycles. The van der Waals surface area contributed by atoms with E-state index in [0.29, 0.717) is 5.92 Å². The molecule has 16 heavy (non-hydrogen) atoms. The van der Waals surface area contributed by atoms with Gasteiger partial charge in [0, 0.05) is 0 Å². The number of hydrogen-bond acceptors (Lipinski definition) is 0. The molecule has 0 heterocycles. The molecule has 0 aliphatic rings. The first-order valence-corrected chi connectivity index (χ1v) is 5.45. The molecular formula is C16H24. The molecule has 0 radical (unpaired) electrons. The smallest absolute Gasteiger partial charge is 0.0225 e. The van der Waals surface area contributed by atoms with Gasteiger partial charge in [-0.3, -0.25) is 0 Å². The van der Waals surface area contributed by atoms with Crippen molar-refractivity contribution in [2.45, 2.75) is 35.1 Å². The number of allylic oxidation sites excluding steroid dienone is 2. The zero-order chi connectivity index (χ0) is 11.4. The summed E-state index contributed by atoms with van der Waals surface area (Å²) in [6.07, 6.45) is 4.26. The summed E-state index contributed by atoms with van der Waals surface area (Å²) in [5, 5.41) is 0. The zero-order valence-electron chi connectivity index (χ0n) is 10.2. The van der Waals surface area contributed by atoms with E-state index in [1.165, 1.54) is 22.3 Å². The van der Waals surface area contributed by atoms with Crippen molar-refractivity contribution >= 4 is 6.08 Å². The van der Waals surface area contributed by atoms with Crippen molar-refractivity contribution in [3.05, 3.63) is 53.1 Å². The number of aryl methyl sites for hydroxylation is 2. The summed E-state index contributed by atoms with van der Waals surface area (Å²) in [4.78, 5) is 0. The summed E-state index contributed by atoms with van der Waals surface area (Å²) >= 11 is 0. The van der Waals surface area contributed by atoms with Crippen LogP contribution in [0.4, 0.5) is 0 Å². The molecule has 0 heteroatoms. The van der Waals surface area contributed by atoms with Gasteiger partial charge in [0.2, 0.25) is 0 Å². The molecule has 0 atom stereocenters. The van der Waals surface area contributed by atoms with E-state index in [-0.39, 0.29) is 7.43 Å². The predicted octanol–water partition coefficient (Wildman–Crippen LogP) is 5.16. The third-order valence-electron chi connectivity index (χ3n) is 2.64. The largest absolute Gasteiger partial charge is 0.0956 e. The highest BCUT2D eigenvalue weighted by atomic mass is 14.0. The van der Waals surface area contributed by atoms with Crippen molar-refractivity contribution < 1.29 is 0 Å². The summed E-state index contributed by atoms with van der Waals surface area (Å²) in [5.74, 6) is 0.520. The molecule has 0 saturated carbocycles. The Kier molecular flexibility index (Phi) is 5.81. The number of rotatable bonds is 3. The molecule has 0 saturated heterocycles. The van der Waals surface area contributed by atoms with Crippen LogP contribution in [0.25, 0.3) is 6.08 Å². The molecular weight excluding hydrogens is 192 g/mol. The first-order chi connectivity index (χ1) is 7.00. The fourth-order valence-electron chi connectivity index (χ4n) is 1.40. The molecule has 0 spiro atoms.